The second-order valence-corrected chi connectivity index (χ2v) is 4.24. The van der Waals surface area contributed by atoms with Crippen molar-refractivity contribution in [2.24, 2.45) is 7.05 Å². The third-order valence-electron chi connectivity index (χ3n) is 2.83. The first kappa shape index (κ1) is 10.8. The molecule has 3 aromatic heterocycles. The summed E-state index contributed by atoms with van der Waals surface area (Å²) in [6, 6.07) is 5.94. The second kappa shape index (κ2) is 4.14. The van der Waals surface area contributed by atoms with Crippen LogP contribution in [0.1, 0.15) is 11.3 Å². The van der Waals surface area contributed by atoms with Gasteiger partial charge >= 0.3 is 0 Å². The quantitative estimate of drug-likeness (QED) is 0.754. The molecule has 3 rings (SSSR count). The minimum absolute atomic E-state index is 0.627. The molecule has 6 heteroatoms. The van der Waals surface area contributed by atoms with E-state index in [9.17, 15) is 0 Å². The van der Waals surface area contributed by atoms with E-state index in [0.717, 1.165) is 16.9 Å². The summed E-state index contributed by atoms with van der Waals surface area (Å²) in [7, 11) is 1.91. The molecule has 1 N–H and O–H groups in total. The Kier molecular flexibility index (Phi) is 2.47. The molecular weight excluding hydrogens is 228 g/mol. The highest BCUT2D eigenvalue weighted by Crippen LogP contribution is 2.08. The molecule has 3 heterocycles. The summed E-state index contributed by atoms with van der Waals surface area (Å²) in [6.07, 6.45) is 3.73. The van der Waals surface area contributed by atoms with Gasteiger partial charge in [-0.05, 0) is 24.6 Å². The Balaban J connectivity index is 1.81. The van der Waals surface area contributed by atoms with Gasteiger partial charge in [-0.3, -0.25) is 4.68 Å². The highest BCUT2D eigenvalue weighted by Gasteiger charge is 2.04. The minimum atomic E-state index is 0.627. The molecule has 0 amide bonds. The topological polar surface area (TPSA) is 60.0 Å². The van der Waals surface area contributed by atoms with Crippen LogP contribution in [0.3, 0.4) is 0 Å². The molecule has 0 fully saturated rings. The maximum absolute atomic E-state index is 4.39. The number of hydrogen-bond donors (Lipinski definition) is 1. The van der Waals surface area contributed by atoms with E-state index in [4.69, 9.17) is 0 Å². The Morgan fingerprint density at radius 3 is 2.94 bits per heavy atom. The second-order valence-electron chi connectivity index (χ2n) is 4.24. The average molecular weight is 242 g/mol. The van der Waals surface area contributed by atoms with Gasteiger partial charge in [0, 0.05) is 19.4 Å². The fourth-order valence-corrected chi connectivity index (χ4v) is 1.81. The van der Waals surface area contributed by atoms with Crippen molar-refractivity contribution in [2.45, 2.75) is 13.5 Å². The standard InChI is InChI=1S/C12H14N6/c1-9-3-4-11-15-12(16-18(11)8-9)13-7-10-5-6-14-17(10)2/h3-6,8H,7H2,1-2H3,(H,13,16). The number of rotatable bonds is 3. The van der Waals surface area contributed by atoms with E-state index in [1.54, 1.807) is 10.7 Å². The number of fused-ring (bicyclic) bond motifs is 1. The van der Waals surface area contributed by atoms with E-state index in [1.807, 2.05) is 43.0 Å². The summed E-state index contributed by atoms with van der Waals surface area (Å²) < 4.78 is 3.61. The van der Waals surface area contributed by atoms with Gasteiger partial charge in [0.1, 0.15) is 0 Å². The lowest BCUT2D eigenvalue weighted by Crippen LogP contribution is -2.06. The zero-order valence-corrected chi connectivity index (χ0v) is 10.3. The first-order valence-corrected chi connectivity index (χ1v) is 5.76. The number of aryl methyl sites for hydroxylation is 2. The Morgan fingerprint density at radius 2 is 2.17 bits per heavy atom. The molecule has 0 aliphatic rings. The van der Waals surface area contributed by atoms with Crippen LogP contribution in [0.5, 0.6) is 0 Å². The lowest BCUT2D eigenvalue weighted by molar-refractivity contribution is 0.719. The summed E-state index contributed by atoms with van der Waals surface area (Å²) in [6.45, 7) is 2.69. The summed E-state index contributed by atoms with van der Waals surface area (Å²) in [5.41, 5.74) is 3.09. The van der Waals surface area contributed by atoms with Gasteiger partial charge in [0.15, 0.2) is 5.65 Å². The minimum Gasteiger partial charge on any atom is -0.347 e. The van der Waals surface area contributed by atoms with Crippen LogP contribution in [0.4, 0.5) is 5.95 Å². The normalized spacial score (nSPS) is 11.0. The highest BCUT2D eigenvalue weighted by atomic mass is 15.3. The summed E-state index contributed by atoms with van der Waals surface area (Å²) in [4.78, 5) is 4.39. The molecule has 0 saturated heterocycles. The van der Waals surface area contributed by atoms with Gasteiger partial charge in [-0.15, -0.1) is 5.10 Å². The third kappa shape index (κ3) is 1.92. The molecule has 0 spiro atoms. The van der Waals surface area contributed by atoms with Gasteiger partial charge in [-0.2, -0.15) is 10.1 Å². The Hall–Kier alpha value is -2.37. The molecule has 3 aromatic rings. The first-order valence-electron chi connectivity index (χ1n) is 5.76. The van der Waals surface area contributed by atoms with Gasteiger partial charge in [0.2, 0.25) is 5.95 Å². The number of nitrogens with zero attached hydrogens (tertiary/aromatic N) is 5. The first-order chi connectivity index (χ1) is 8.72. The smallest absolute Gasteiger partial charge is 0.243 e. The summed E-state index contributed by atoms with van der Waals surface area (Å²) >= 11 is 0. The Morgan fingerprint density at radius 1 is 1.28 bits per heavy atom. The molecule has 0 saturated carbocycles. The van der Waals surface area contributed by atoms with E-state index in [1.165, 1.54) is 0 Å². The van der Waals surface area contributed by atoms with Crippen LogP contribution in [-0.2, 0) is 13.6 Å². The van der Waals surface area contributed by atoms with Crippen LogP contribution in [0.15, 0.2) is 30.6 Å². The molecule has 0 aliphatic heterocycles. The lowest BCUT2D eigenvalue weighted by Gasteiger charge is -2.01. The fourth-order valence-electron chi connectivity index (χ4n) is 1.81. The van der Waals surface area contributed by atoms with Crippen molar-refractivity contribution in [3.63, 3.8) is 0 Å². The lowest BCUT2D eigenvalue weighted by atomic mass is 10.3. The van der Waals surface area contributed by atoms with Crippen molar-refractivity contribution < 1.29 is 0 Å². The van der Waals surface area contributed by atoms with E-state index in [-0.39, 0.29) is 0 Å². The maximum Gasteiger partial charge on any atom is 0.243 e. The van der Waals surface area contributed by atoms with Crippen molar-refractivity contribution in [1.29, 1.82) is 0 Å². The average Bonchev–Trinajstić information content (AvgIpc) is 2.92. The molecule has 0 aliphatic carbocycles. The molecule has 0 radical (unpaired) electrons. The SMILES string of the molecule is Cc1ccc2nc(NCc3ccnn3C)nn2c1. The number of pyridine rings is 1. The van der Waals surface area contributed by atoms with Crippen molar-refractivity contribution >= 4 is 11.6 Å². The zero-order chi connectivity index (χ0) is 12.5. The number of aromatic nitrogens is 5. The molecule has 0 bridgehead atoms. The molecule has 92 valence electrons. The molecular formula is C12H14N6. The van der Waals surface area contributed by atoms with Crippen molar-refractivity contribution in [1.82, 2.24) is 24.4 Å². The van der Waals surface area contributed by atoms with Crippen LogP contribution < -0.4 is 5.32 Å². The Bertz CT molecular complexity index is 681. The predicted octanol–water partition coefficient (Wildman–Crippen LogP) is 1.38. The number of hydrogen-bond acceptors (Lipinski definition) is 4. The summed E-state index contributed by atoms with van der Waals surface area (Å²) in [5, 5.41) is 11.7. The third-order valence-corrected chi connectivity index (χ3v) is 2.83. The highest BCUT2D eigenvalue weighted by molar-refractivity contribution is 5.44. The zero-order valence-electron chi connectivity index (χ0n) is 10.3. The van der Waals surface area contributed by atoms with Crippen molar-refractivity contribution in [2.75, 3.05) is 5.32 Å². The van der Waals surface area contributed by atoms with E-state index < -0.39 is 0 Å². The molecule has 0 unspecified atom stereocenters. The monoisotopic (exact) mass is 242 g/mol. The van der Waals surface area contributed by atoms with Crippen molar-refractivity contribution in [3.8, 4) is 0 Å². The van der Waals surface area contributed by atoms with Crippen LogP contribution >= 0.6 is 0 Å². The van der Waals surface area contributed by atoms with Crippen LogP contribution in [0.25, 0.3) is 5.65 Å². The van der Waals surface area contributed by atoms with Crippen LogP contribution in [0.2, 0.25) is 0 Å². The van der Waals surface area contributed by atoms with E-state index >= 15 is 0 Å². The summed E-state index contributed by atoms with van der Waals surface area (Å²) in [5.74, 6) is 0.627. The van der Waals surface area contributed by atoms with Gasteiger partial charge in [-0.1, -0.05) is 6.07 Å². The number of nitrogens with one attached hydrogen (secondary N) is 1. The van der Waals surface area contributed by atoms with Gasteiger partial charge in [0.25, 0.3) is 0 Å². The van der Waals surface area contributed by atoms with Crippen LogP contribution in [0, 0.1) is 6.92 Å². The fraction of sp³-hybridized carbons (Fsp3) is 0.250. The van der Waals surface area contributed by atoms with Gasteiger partial charge in [-0.25, -0.2) is 4.52 Å². The largest absolute Gasteiger partial charge is 0.347 e. The molecule has 0 atom stereocenters. The maximum atomic E-state index is 4.39. The molecule has 0 aromatic carbocycles. The van der Waals surface area contributed by atoms with Gasteiger partial charge in [0.05, 0.1) is 12.2 Å². The molecule has 18 heavy (non-hydrogen) atoms. The number of anilines is 1. The van der Waals surface area contributed by atoms with Crippen LogP contribution in [-0.4, -0.2) is 24.4 Å². The van der Waals surface area contributed by atoms with Gasteiger partial charge < -0.3 is 5.32 Å². The molecule has 6 nitrogen and oxygen atoms in total. The van der Waals surface area contributed by atoms with E-state index in [2.05, 4.69) is 20.5 Å². The van der Waals surface area contributed by atoms with Crippen molar-refractivity contribution in [3.05, 3.63) is 41.9 Å². The predicted molar refractivity (Wildman–Crippen MR) is 68.3 cm³/mol. The van der Waals surface area contributed by atoms with E-state index in [0.29, 0.717) is 12.5 Å². The Labute approximate surface area is 104 Å².